The van der Waals surface area contributed by atoms with Crippen LogP contribution in [0.3, 0.4) is 0 Å². The van der Waals surface area contributed by atoms with Gasteiger partial charge in [0.05, 0.1) is 5.69 Å². The molecule has 15 heavy (non-hydrogen) atoms. The van der Waals surface area contributed by atoms with Crippen LogP contribution in [-0.4, -0.2) is 21.5 Å². The number of hydrogen-bond donors (Lipinski definition) is 0. The number of hydrogen-bond acceptors (Lipinski definition) is 3. The van der Waals surface area contributed by atoms with E-state index in [0.717, 1.165) is 5.69 Å². The van der Waals surface area contributed by atoms with Gasteiger partial charge >= 0.3 is 6.09 Å². The van der Waals surface area contributed by atoms with Crippen molar-refractivity contribution < 1.29 is 9.53 Å². The largest absolute Gasteiger partial charge is 0.442 e. The van der Waals surface area contributed by atoms with Gasteiger partial charge in [0, 0.05) is 6.20 Å². The Bertz CT molecular complexity index is 348. The number of aromatic nitrogens is 2. The molecular formula is C11H18N2O2. The first kappa shape index (κ1) is 11.8. The lowest BCUT2D eigenvalue weighted by Crippen LogP contribution is -2.28. The van der Waals surface area contributed by atoms with E-state index in [-0.39, 0.29) is 5.92 Å². The van der Waals surface area contributed by atoms with Gasteiger partial charge < -0.3 is 4.74 Å². The van der Waals surface area contributed by atoms with E-state index >= 15 is 0 Å². The van der Waals surface area contributed by atoms with Gasteiger partial charge in [-0.2, -0.15) is 9.78 Å². The summed E-state index contributed by atoms with van der Waals surface area (Å²) in [5.74, 6) is 0.250. The van der Waals surface area contributed by atoms with Gasteiger partial charge in [-0.05, 0) is 32.8 Å². The Morgan fingerprint density at radius 3 is 2.53 bits per heavy atom. The third-order valence-electron chi connectivity index (χ3n) is 1.83. The molecule has 4 nitrogen and oxygen atoms in total. The van der Waals surface area contributed by atoms with E-state index in [1.54, 1.807) is 6.20 Å². The highest BCUT2D eigenvalue weighted by atomic mass is 16.6. The monoisotopic (exact) mass is 210 g/mol. The second-order valence-electron chi connectivity index (χ2n) is 4.80. The number of ether oxygens (including phenoxy) is 1. The molecule has 0 N–H and O–H groups in total. The van der Waals surface area contributed by atoms with E-state index < -0.39 is 11.7 Å². The first-order chi connectivity index (χ1) is 6.81. The molecule has 0 unspecified atom stereocenters. The summed E-state index contributed by atoms with van der Waals surface area (Å²) in [5, 5.41) is 3.96. The van der Waals surface area contributed by atoms with Crippen LogP contribution in [0.15, 0.2) is 12.3 Å². The van der Waals surface area contributed by atoms with Crippen molar-refractivity contribution in [3.8, 4) is 0 Å². The van der Waals surface area contributed by atoms with Crippen molar-refractivity contribution in [3.63, 3.8) is 0 Å². The van der Waals surface area contributed by atoms with E-state index in [1.165, 1.54) is 4.68 Å². The molecule has 1 aromatic heterocycles. The van der Waals surface area contributed by atoms with Crippen LogP contribution >= 0.6 is 0 Å². The van der Waals surface area contributed by atoms with Crippen molar-refractivity contribution in [2.75, 3.05) is 0 Å². The Morgan fingerprint density at radius 2 is 2.07 bits per heavy atom. The zero-order valence-electron chi connectivity index (χ0n) is 9.94. The predicted octanol–water partition coefficient (Wildman–Crippen LogP) is 2.79. The molecule has 0 saturated heterocycles. The zero-order valence-corrected chi connectivity index (χ0v) is 9.94. The maximum Gasteiger partial charge on any atom is 0.435 e. The molecule has 0 radical (unpaired) electrons. The molecule has 0 spiro atoms. The number of carbonyl (C=O) groups is 1. The molecule has 0 aliphatic rings. The van der Waals surface area contributed by atoms with Crippen LogP contribution in [0.1, 0.15) is 46.2 Å². The average molecular weight is 210 g/mol. The van der Waals surface area contributed by atoms with Crippen molar-refractivity contribution in [3.05, 3.63) is 18.0 Å². The topological polar surface area (TPSA) is 44.1 Å². The minimum atomic E-state index is -0.489. The Labute approximate surface area is 90.2 Å². The van der Waals surface area contributed by atoms with Gasteiger partial charge in [0.25, 0.3) is 0 Å². The number of carbonyl (C=O) groups excluding carboxylic acids is 1. The third kappa shape index (κ3) is 3.08. The molecule has 0 aliphatic heterocycles. The molecule has 0 atom stereocenters. The molecule has 0 aromatic carbocycles. The molecule has 1 heterocycles. The van der Waals surface area contributed by atoms with Crippen LogP contribution in [0.25, 0.3) is 0 Å². The van der Waals surface area contributed by atoms with Gasteiger partial charge in [-0.3, -0.25) is 0 Å². The fourth-order valence-corrected chi connectivity index (χ4v) is 1.21. The maximum absolute atomic E-state index is 11.7. The van der Waals surface area contributed by atoms with E-state index in [4.69, 9.17) is 4.74 Å². The molecule has 0 fully saturated rings. The summed E-state index contributed by atoms with van der Waals surface area (Å²) in [6.07, 6.45) is 1.19. The second-order valence-corrected chi connectivity index (χ2v) is 4.80. The summed E-state index contributed by atoms with van der Waals surface area (Å²) in [4.78, 5) is 11.7. The van der Waals surface area contributed by atoms with Crippen molar-refractivity contribution in [1.82, 2.24) is 9.78 Å². The van der Waals surface area contributed by atoms with E-state index in [0.29, 0.717) is 0 Å². The molecule has 0 amide bonds. The molecule has 1 rings (SSSR count). The van der Waals surface area contributed by atoms with E-state index in [9.17, 15) is 4.79 Å². The van der Waals surface area contributed by atoms with Crippen LogP contribution in [0, 0.1) is 0 Å². The molecule has 0 bridgehead atoms. The lowest BCUT2D eigenvalue weighted by atomic mass is 10.1. The molecule has 4 heteroatoms. The Balaban J connectivity index is 2.87. The quantitative estimate of drug-likeness (QED) is 0.716. The summed E-state index contributed by atoms with van der Waals surface area (Å²) in [6.45, 7) is 9.53. The van der Waals surface area contributed by atoms with E-state index in [1.807, 2.05) is 40.7 Å². The SMILES string of the molecule is CC(C)c1ccnn1C(=O)OC(C)(C)C. The van der Waals surface area contributed by atoms with Gasteiger partial charge in [0.1, 0.15) is 5.60 Å². The summed E-state index contributed by atoms with van der Waals surface area (Å²) in [7, 11) is 0. The molecule has 1 aromatic rings. The van der Waals surface area contributed by atoms with Crippen LogP contribution in [0.4, 0.5) is 4.79 Å². The first-order valence-corrected chi connectivity index (χ1v) is 5.08. The molecular weight excluding hydrogens is 192 g/mol. The Hall–Kier alpha value is -1.32. The fraction of sp³-hybridized carbons (Fsp3) is 0.636. The van der Waals surface area contributed by atoms with Crippen LogP contribution in [-0.2, 0) is 4.74 Å². The van der Waals surface area contributed by atoms with Crippen molar-refractivity contribution in [2.24, 2.45) is 0 Å². The molecule has 0 aliphatic carbocycles. The van der Waals surface area contributed by atoms with Gasteiger partial charge in [0.15, 0.2) is 0 Å². The maximum atomic E-state index is 11.7. The smallest absolute Gasteiger partial charge is 0.435 e. The van der Waals surface area contributed by atoms with Gasteiger partial charge in [-0.25, -0.2) is 4.79 Å². The third-order valence-corrected chi connectivity index (χ3v) is 1.83. The molecule has 84 valence electrons. The highest BCUT2D eigenvalue weighted by Crippen LogP contribution is 2.15. The zero-order chi connectivity index (χ0) is 11.6. The van der Waals surface area contributed by atoms with Crippen LogP contribution in [0.5, 0.6) is 0 Å². The Morgan fingerprint density at radius 1 is 1.47 bits per heavy atom. The van der Waals surface area contributed by atoms with Crippen LogP contribution in [0.2, 0.25) is 0 Å². The van der Waals surface area contributed by atoms with Crippen molar-refractivity contribution in [1.29, 1.82) is 0 Å². The number of nitrogens with zero attached hydrogens (tertiary/aromatic N) is 2. The molecule has 0 saturated carbocycles. The summed E-state index contributed by atoms with van der Waals surface area (Å²) in [5.41, 5.74) is 0.376. The minimum Gasteiger partial charge on any atom is -0.442 e. The summed E-state index contributed by atoms with van der Waals surface area (Å²) in [6, 6.07) is 1.83. The van der Waals surface area contributed by atoms with Gasteiger partial charge in [0.2, 0.25) is 0 Å². The standard InChI is InChI=1S/C11H18N2O2/c1-8(2)9-6-7-12-13(9)10(14)15-11(3,4)5/h6-8H,1-5H3. The normalized spacial score (nSPS) is 11.9. The lowest BCUT2D eigenvalue weighted by Gasteiger charge is -2.20. The van der Waals surface area contributed by atoms with Crippen molar-refractivity contribution >= 4 is 6.09 Å². The first-order valence-electron chi connectivity index (χ1n) is 5.08. The average Bonchev–Trinajstić information content (AvgIpc) is 2.47. The number of rotatable bonds is 1. The van der Waals surface area contributed by atoms with E-state index in [2.05, 4.69) is 5.10 Å². The van der Waals surface area contributed by atoms with Gasteiger partial charge in [-0.1, -0.05) is 13.8 Å². The Kier molecular flexibility index (Phi) is 3.17. The van der Waals surface area contributed by atoms with Crippen LogP contribution < -0.4 is 0 Å². The summed E-state index contributed by atoms with van der Waals surface area (Å²) >= 11 is 0. The van der Waals surface area contributed by atoms with Crippen molar-refractivity contribution in [2.45, 2.75) is 46.1 Å². The minimum absolute atomic E-state index is 0.250. The van der Waals surface area contributed by atoms with Gasteiger partial charge in [-0.15, -0.1) is 0 Å². The fourth-order valence-electron chi connectivity index (χ4n) is 1.21. The lowest BCUT2D eigenvalue weighted by molar-refractivity contribution is 0.0508. The predicted molar refractivity (Wildman–Crippen MR) is 57.9 cm³/mol. The second kappa shape index (κ2) is 4.04. The summed E-state index contributed by atoms with van der Waals surface area (Å²) < 4.78 is 6.55. The highest BCUT2D eigenvalue weighted by Gasteiger charge is 2.20. The highest BCUT2D eigenvalue weighted by molar-refractivity contribution is 5.70.